The van der Waals surface area contributed by atoms with Gasteiger partial charge in [-0.2, -0.15) is 0 Å². The molecule has 0 bridgehead atoms. The van der Waals surface area contributed by atoms with Crippen molar-refractivity contribution >= 4 is 58.2 Å². The van der Waals surface area contributed by atoms with Gasteiger partial charge in [0.2, 0.25) is 0 Å². The normalized spacial score (nSPS) is 11.3. The molecule has 184 valence electrons. The van der Waals surface area contributed by atoms with E-state index in [2.05, 4.69) is 27.4 Å². The van der Waals surface area contributed by atoms with Gasteiger partial charge < -0.3 is 0 Å². The summed E-state index contributed by atoms with van der Waals surface area (Å²) in [6.07, 6.45) is 31.4. The first kappa shape index (κ1) is 38.1. The summed E-state index contributed by atoms with van der Waals surface area (Å²) in [6.45, 7) is 9.73. The minimum absolute atomic E-state index is 0. The Labute approximate surface area is 218 Å². The number of unbranched alkanes of at least 4 members (excludes halogenated alkanes) is 15. The molecule has 0 spiro atoms. The van der Waals surface area contributed by atoms with Crippen molar-refractivity contribution in [3.05, 3.63) is 0 Å². The van der Waals surface area contributed by atoms with Crippen LogP contribution in [0.5, 0.6) is 0 Å². The number of rotatable bonds is 21. The Morgan fingerprint density at radius 2 is 0.552 bits per heavy atom. The molecule has 0 saturated carbocycles. The van der Waals surface area contributed by atoms with Crippen LogP contribution < -0.4 is 0 Å². The summed E-state index contributed by atoms with van der Waals surface area (Å²) >= 11 is 0. The molecule has 0 aliphatic carbocycles. The number of halogens is 3. The first-order chi connectivity index (χ1) is 12.7. The average molecular weight is 629 g/mol. The topological polar surface area (TPSA) is 0 Å². The van der Waals surface area contributed by atoms with Gasteiger partial charge in [0.15, 0.2) is 0 Å². The Hall–Kier alpha value is 1.87. The summed E-state index contributed by atoms with van der Waals surface area (Å²) in [4.78, 5) is 0. The van der Waals surface area contributed by atoms with E-state index in [-0.39, 0.29) is 50.9 Å². The third-order valence-electron chi connectivity index (χ3n) is 6.40. The van der Waals surface area contributed by atoms with E-state index in [1.807, 2.05) is 0 Å². The molecule has 0 N–H and O–H groups in total. The second-order valence-electron chi connectivity index (χ2n) is 9.36. The maximum absolute atomic E-state index is 2.76. The Bertz CT molecular complexity index is 234. The van der Waals surface area contributed by atoms with Crippen LogP contribution in [0.2, 0.25) is 0 Å². The molecule has 0 saturated heterocycles. The zero-order valence-corrected chi connectivity index (χ0v) is 26.7. The Kier molecular flexibility index (Phi) is 39.3. The van der Waals surface area contributed by atoms with Gasteiger partial charge >= 0.3 is 169 Å². The van der Waals surface area contributed by atoms with Crippen molar-refractivity contribution in [3.63, 3.8) is 0 Å². The van der Waals surface area contributed by atoms with Gasteiger partial charge in [-0.25, -0.2) is 0 Å². The molecule has 0 aromatic rings. The van der Waals surface area contributed by atoms with E-state index < -0.39 is 7.26 Å². The van der Waals surface area contributed by atoms with Crippen LogP contribution in [0.3, 0.4) is 0 Å². The molecule has 0 amide bonds. The van der Waals surface area contributed by atoms with E-state index in [4.69, 9.17) is 0 Å². The summed E-state index contributed by atoms with van der Waals surface area (Å²) in [5.41, 5.74) is 0. The molecule has 29 heavy (non-hydrogen) atoms. The fourth-order valence-electron chi connectivity index (χ4n) is 4.37. The van der Waals surface area contributed by atoms with E-state index in [1.54, 1.807) is 18.5 Å². The van der Waals surface area contributed by atoms with Crippen molar-refractivity contribution in [2.45, 2.75) is 136 Å². The monoisotopic (exact) mass is 626 g/mol. The van der Waals surface area contributed by atoms with Crippen LogP contribution >= 0.6 is 58.2 Å². The third-order valence-corrected chi connectivity index (χ3v) is 11.1. The summed E-state index contributed by atoms with van der Waals surface area (Å²) in [7, 11) is -0.955. The molecule has 0 rings (SSSR count). The van der Waals surface area contributed by atoms with Crippen LogP contribution in [-0.4, -0.2) is 25.2 Å². The van der Waals surface area contributed by atoms with Gasteiger partial charge in [0.1, 0.15) is 0 Å². The molecule has 0 aliphatic heterocycles. The summed E-state index contributed by atoms with van der Waals surface area (Å²) < 4.78 is 0. The van der Waals surface area contributed by atoms with E-state index in [0.717, 1.165) is 0 Å². The van der Waals surface area contributed by atoms with E-state index >= 15 is 0 Å². The number of hydrogen-bond acceptors (Lipinski definition) is 0. The molecule has 0 atom stereocenters. The summed E-state index contributed by atoms with van der Waals surface area (Å²) in [6, 6.07) is 0. The average Bonchev–Trinajstić information content (AvgIpc) is 2.64. The molecule has 0 aromatic heterocycles. The minimum atomic E-state index is -0.955. The van der Waals surface area contributed by atoms with Crippen LogP contribution in [0.1, 0.15) is 136 Å². The van der Waals surface area contributed by atoms with Crippen molar-refractivity contribution in [2.75, 3.05) is 25.2 Å². The van der Waals surface area contributed by atoms with E-state index in [9.17, 15) is 0 Å². The van der Waals surface area contributed by atoms with Gasteiger partial charge in [0, 0.05) is 0 Å². The molecule has 0 heterocycles. The molecule has 4 heteroatoms. The first-order valence-electron chi connectivity index (χ1n) is 12.7. The van der Waals surface area contributed by atoms with Crippen molar-refractivity contribution in [1.29, 1.82) is 0 Å². The zero-order chi connectivity index (χ0) is 19.3. The first-order valence-corrected chi connectivity index (χ1v) is 15.8. The summed E-state index contributed by atoms with van der Waals surface area (Å²) in [5, 5.41) is 0. The summed E-state index contributed by atoms with van der Waals surface area (Å²) in [5.74, 6) is 0. The molecule has 0 aromatic carbocycles. The van der Waals surface area contributed by atoms with Gasteiger partial charge in [-0.1, -0.05) is 0 Å². The van der Waals surface area contributed by atoms with Gasteiger partial charge in [-0.05, 0) is 0 Å². The number of hydrogen-bond donors (Lipinski definition) is 0. The van der Waals surface area contributed by atoms with Crippen molar-refractivity contribution < 1.29 is 0 Å². The van der Waals surface area contributed by atoms with Gasteiger partial charge in [-0.15, -0.1) is 50.9 Å². The second-order valence-corrected chi connectivity index (χ2v) is 14.5. The molecule has 0 unspecified atom stereocenters. The fraction of sp³-hybridized carbons (Fsp3) is 1.00. The molecule has 0 fully saturated rings. The van der Waals surface area contributed by atoms with Gasteiger partial charge in [0.05, 0.1) is 0 Å². The Balaban J connectivity index is -0.00000104. The molecule has 0 aliphatic rings. The molecular weight excluding hydrogens is 571 g/mol. The standard InChI is InChI=1S/C25H55P.3BrH/c1-5-8-11-14-17-20-23-26(4,24-21-18-15-12-9-6-2)25-22-19-16-13-10-7-3;;;/h26H,5-25H2,1-4H3;3*1H. The van der Waals surface area contributed by atoms with E-state index in [1.165, 1.54) is 116 Å². The molecule has 0 radical (unpaired) electrons. The van der Waals surface area contributed by atoms with Crippen LogP contribution in [0, 0.1) is 0 Å². The van der Waals surface area contributed by atoms with Crippen LogP contribution in [0.15, 0.2) is 0 Å². The quantitative estimate of drug-likeness (QED) is 0.0876. The third kappa shape index (κ3) is 27.8. The van der Waals surface area contributed by atoms with Gasteiger partial charge in [0.25, 0.3) is 0 Å². The second kappa shape index (κ2) is 29.9. The molecular formula is C25H58Br3P. The Morgan fingerprint density at radius 3 is 0.793 bits per heavy atom. The van der Waals surface area contributed by atoms with Crippen molar-refractivity contribution in [3.8, 4) is 0 Å². The van der Waals surface area contributed by atoms with Crippen molar-refractivity contribution in [1.82, 2.24) is 0 Å². The van der Waals surface area contributed by atoms with Crippen LogP contribution in [0.25, 0.3) is 0 Å². The molecule has 0 nitrogen and oxygen atoms in total. The Morgan fingerprint density at radius 1 is 0.345 bits per heavy atom. The van der Waals surface area contributed by atoms with Gasteiger partial charge in [-0.3, -0.25) is 0 Å². The fourth-order valence-corrected chi connectivity index (χ4v) is 8.43. The predicted molar refractivity (Wildman–Crippen MR) is 160 cm³/mol. The van der Waals surface area contributed by atoms with E-state index in [0.29, 0.717) is 0 Å². The van der Waals surface area contributed by atoms with Crippen molar-refractivity contribution in [2.24, 2.45) is 0 Å². The van der Waals surface area contributed by atoms with Crippen LogP contribution in [-0.2, 0) is 0 Å². The maximum atomic E-state index is 2.76. The zero-order valence-electron chi connectivity index (χ0n) is 20.6. The SMILES string of the molecule is Br.Br.Br.CCCCCCCC[PH](C)(CCCCCCCC)CCCCCCCC. The predicted octanol–water partition coefficient (Wildman–Crippen LogP) is 11.2. The van der Waals surface area contributed by atoms with Crippen LogP contribution in [0.4, 0.5) is 0 Å².